The van der Waals surface area contributed by atoms with Crippen molar-refractivity contribution in [3.05, 3.63) is 36.0 Å². The Bertz CT molecular complexity index is 1270. The third kappa shape index (κ3) is 15.8. The van der Waals surface area contributed by atoms with Crippen molar-refractivity contribution in [1.82, 2.24) is 15.6 Å². The summed E-state index contributed by atoms with van der Waals surface area (Å²) in [7, 11) is 0. The molecule has 2 rings (SSSR count). The van der Waals surface area contributed by atoms with Crippen LogP contribution in [-0.2, 0) is 30.4 Å². The number of fused-ring (bicyclic) bond motifs is 1. The Hall–Kier alpha value is -4.09. The highest BCUT2D eigenvalue weighted by molar-refractivity contribution is 5.93. The SMILES string of the molecule is CC(C)C(N)C(=O)NC(Cc1c[nH]c2ccccc12)C(=O)NC(CCCCN)C(=O)O.CCC(C)C(N)C(=O)O.NC(CO)C(=O)O. The number of amides is 2. The Labute approximate surface area is 274 Å². The van der Waals surface area contributed by atoms with Gasteiger partial charge in [-0.1, -0.05) is 52.3 Å². The second kappa shape index (κ2) is 22.4. The van der Waals surface area contributed by atoms with E-state index in [0.717, 1.165) is 22.9 Å². The number of carbonyl (C=O) groups excluding carboxylic acids is 2. The standard InChI is InChI=1S/C22H33N5O4.C6H13NO2.C3H7NO3/c1-13(2)19(24)21(29)27-18(11-14-12-25-16-8-4-3-7-15(14)16)20(28)26-17(22(30)31)9-5-6-10-23;1-3-4(2)5(7)6(8)9;4-2(1-5)3(6)7/h3-4,7-8,12-13,17-19,25H,5-6,9-11,23-24H2,1-2H3,(H,26,28)(H,27,29)(H,30,31);4-5H,3,7H2,1-2H3,(H,8,9);2,5H,1,4H2,(H,6,7). The summed E-state index contributed by atoms with van der Waals surface area (Å²) < 4.78 is 0. The van der Waals surface area contributed by atoms with Gasteiger partial charge in [0, 0.05) is 23.5 Å². The lowest BCUT2D eigenvalue weighted by atomic mass is 10.0. The van der Waals surface area contributed by atoms with Gasteiger partial charge >= 0.3 is 17.9 Å². The molecule has 1 aromatic heterocycles. The van der Waals surface area contributed by atoms with E-state index in [1.807, 2.05) is 52.0 Å². The van der Waals surface area contributed by atoms with Crippen LogP contribution >= 0.6 is 0 Å². The number of aliphatic hydroxyl groups is 1. The summed E-state index contributed by atoms with van der Waals surface area (Å²) in [4.78, 5) is 60.2. The third-order valence-electron chi connectivity index (χ3n) is 7.37. The highest BCUT2D eigenvalue weighted by Crippen LogP contribution is 2.19. The molecule has 1 heterocycles. The second-order valence-corrected chi connectivity index (χ2v) is 11.5. The maximum atomic E-state index is 13.0. The van der Waals surface area contributed by atoms with Crippen LogP contribution in [0.4, 0.5) is 0 Å². The average molecular weight is 668 g/mol. The number of unbranched alkanes of at least 4 members (excludes halogenated alkanes) is 1. The number of carboxylic acid groups (broad SMARTS) is 3. The van der Waals surface area contributed by atoms with E-state index in [1.165, 1.54) is 0 Å². The van der Waals surface area contributed by atoms with Crippen LogP contribution in [0, 0.1) is 11.8 Å². The third-order valence-corrected chi connectivity index (χ3v) is 7.37. The lowest BCUT2D eigenvalue weighted by Crippen LogP contribution is -2.56. The Balaban J connectivity index is 0.00000109. The van der Waals surface area contributed by atoms with Gasteiger partial charge in [-0.05, 0) is 49.3 Å². The number of nitrogens with two attached hydrogens (primary N) is 4. The van der Waals surface area contributed by atoms with Gasteiger partial charge in [0.05, 0.1) is 12.6 Å². The quantitative estimate of drug-likeness (QED) is 0.0968. The monoisotopic (exact) mass is 667 g/mol. The molecule has 47 heavy (non-hydrogen) atoms. The number of nitrogens with one attached hydrogen (secondary N) is 3. The molecule has 16 heteroatoms. The molecule has 0 aliphatic rings. The smallest absolute Gasteiger partial charge is 0.326 e. The number of carbonyl (C=O) groups is 5. The van der Waals surface area contributed by atoms with Gasteiger partial charge in [0.1, 0.15) is 24.2 Å². The number of aliphatic carboxylic acids is 3. The zero-order valence-corrected chi connectivity index (χ0v) is 27.5. The number of hydrogen-bond acceptors (Lipinski definition) is 10. The maximum Gasteiger partial charge on any atom is 0.326 e. The van der Waals surface area contributed by atoms with Gasteiger partial charge in [-0.25, -0.2) is 4.79 Å². The molecule has 0 saturated heterocycles. The van der Waals surface area contributed by atoms with Gasteiger partial charge in [-0.3, -0.25) is 19.2 Å². The topological polar surface area (TPSA) is 310 Å². The molecule has 2 amide bonds. The Kier molecular flexibility index (Phi) is 20.5. The first-order valence-electron chi connectivity index (χ1n) is 15.4. The van der Waals surface area contributed by atoms with E-state index >= 15 is 0 Å². The van der Waals surface area contributed by atoms with Gasteiger partial charge in [0.15, 0.2) is 0 Å². The maximum absolute atomic E-state index is 13.0. The Morgan fingerprint density at radius 1 is 0.830 bits per heavy atom. The first-order valence-corrected chi connectivity index (χ1v) is 15.4. The van der Waals surface area contributed by atoms with Gasteiger partial charge in [0.2, 0.25) is 11.8 Å². The zero-order chi connectivity index (χ0) is 36.3. The summed E-state index contributed by atoms with van der Waals surface area (Å²) in [6.45, 7) is 7.34. The Morgan fingerprint density at radius 2 is 1.43 bits per heavy atom. The number of para-hydroxylation sites is 1. The molecule has 6 atom stereocenters. The molecule has 266 valence electrons. The number of hydrogen-bond donors (Lipinski definition) is 11. The molecule has 0 spiro atoms. The fraction of sp³-hybridized carbons (Fsp3) is 0.581. The van der Waals surface area contributed by atoms with Crippen molar-refractivity contribution in [3.63, 3.8) is 0 Å². The number of benzene rings is 1. The minimum Gasteiger partial charge on any atom is -0.480 e. The summed E-state index contributed by atoms with van der Waals surface area (Å²) in [6.07, 6.45) is 4.30. The first kappa shape index (κ1) is 42.9. The molecular weight excluding hydrogens is 614 g/mol. The van der Waals surface area contributed by atoms with Gasteiger partial charge in [0.25, 0.3) is 0 Å². The molecule has 2 aromatic rings. The minimum absolute atomic E-state index is 0.0718. The highest BCUT2D eigenvalue weighted by Gasteiger charge is 2.29. The van der Waals surface area contributed by atoms with Crippen molar-refractivity contribution in [2.45, 2.75) is 90.0 Å². The summed E-state index contributed by atoms with van der Waals surface area (Å²) in [5, 5.41) is 39.9. The fourth-order valence-electron chi connectivity index (χ4n) is 3.90. The summed E-state index contributed by atoms with van der Waals surface area (Å²) >= 11 is 0. The Morgan fingerprint density at radius 3 is 1.87 bits per heavy atom. The second-order valence-electron chi connectivity index (χ2n) is 11.5. The minimum atomic E-state index is -1.18. The first-order chi connectivity index (χ1) is 22.0. The predicted molar refractivity (Wildman–Crippen MR) is 177 cm³/mol. The predicted octanol–water partition coefficient (Wildman–Crippen LogP) is -0.288. The van der Waals surface area contributed by atoms with Crippen molar-refractivity contribution < 1.29 is 44.4 Å². The van der Waals surface area contributed by atoms with Crippen LogP contribution < -0.4 is 33.6 Å². The van der Waals surface area contributed by atoms with Crippen LogP contribution in [0.5, 0.6) is 0 Å². The number of rotatable bonds is 17. The highest BCUT2D eigenvalue weighted by atomic mass is 16.4. The molecular formula is C31H53N7O9. The normalized spacial score (nSPS) is 14.6. The number of carboxylic acids is 3. The van der Waals surface area contributed by atoms with Crippen LogP contribution in [0.25, 0.3) is 10.9 Å². The van der Waals surface area contributed by atoms with Crippen molar-refractivity contribution in [3.8, 4) is 0 Å². The molecule has 1 aromatic carbocycles. The summed E-state index contributed by atoms with van der Waals surface area (Å²) in [5.41, 5.74) is 23.2. The van der Waals surface area contributed by atoms with E-state index in [-0.39, 0.29) is 24.7 Å². The van der Waals surface area contributed by atoms with Crippen LogP contribution in [-0.4, -0.2) is 98.5 Å². The van der Waals surface area contributed by atoms with E-state index in [4.69, 9.17) is 38.3 Å². The van der Waals surface area contributed by atoms with E-state index in [1.54, 1.807) is 6.20 Å². The molecule has 0 fully saturated rings. The van der Waals surface area contributed by atoms with Crippen molar-refractivity contribution in [2.75, 3.05) is 13.2 Å². The number of aromatic amines is 1. The average Bonchev–Trinajstić information content (AvgIpc) is 3.45. The lowest BCUT2D eigenvalue weighted by molar-refractivity contribution is -0.142. The van der Waals surface area contributed by atoms with Gasteiger partial charge in [-0.15, -0.1) is 0 Å². The molecule has 0 bridgehead atoms. The van der Waals surface area contributed by atoms with Gasteiger partial charge < -0.3 is 59.0 Å². The number of H-pyrrole nitrogens is 1. The number of aromatic nitrogens is 1. The van der Waals surface area contributed by atoms with Crippen molar-refractivity contribution >= 4 is 40.6 Å². The van der Waals surface area contributed by atoms with E-state index < -0.39 is 66.5 Å². The molecule has 0 aliphatic carbocycles. The van der Waals surface area contributed by atoms with Crippen LogP contribution in [0.15, 0.2) is 30.5 Å². The lowest BCUT2D eigenvalue weighted by Gasteiger charge is -2.24. The van der Waals surface area contributed by atoms with E-state index in [9.17, 15) is 29.1 Å². The van der Waals surface area contributed by atoms with Crippen LogP contribution in [0.2, 0.25) is 0 Å². The fourth-order valence-corrected chi connectivity index (χ4v) is 3.90. The van der Waals surface area contributed by atoms with E-state index in [0.29, 0.717) is 19.4 Å². The van der Waals surface area contributed by atoms with Crippen LogP contribution in [0.3, 0.4) is 0 Å². The largest absolute Gasteiger partial charge is 0.480 e. The number of aliphatic hydroxyl groups excluding tert-OH is 1. The molecule has 16 nitrogen and oxygen atoms in total. The van der Waals surface area contributed by atoms with Gasteiger partial charge in [-0.2, -0.15) is 0 Å². The van der Waals surface area contributed by atoms with Crippen molar-refractivity contribution in [1.29, 1.82) is 0 Å². The van der Waals surface area contributed by atoms with Crippen molar-refractivity contribution in [2.24, 2.45) is 34.8 Å². The zero-order valence-electron chi connectivity index (χ0n) is 27.5. The molecule has 15 N–H and O–H groups in total. The summed E-state index contributed by atoms with van der Waals surface area (Å²) in [6, 6.07) is 3.00. The molecule has 6 unspecified atom stereocenters. The molecule has 0 radical (unpaired) electrons. The van der Waals surface area contributed by atoms with Crippen LogP contribution in [0.1, 0.15) is 58.9 Å². The summed E-state index contributed by atoms with van der Waals surface area (Å²) in [5.74, 6) is -4.27. The van der Waals surface area contributed by atoms with E-state index in [2.05, 4.69) is 15.6 Å². The molecule has 0 saturated carbocycles. The molecule has 0 aliphatic heterocycles.